The summed E-state index contributed by atoms with van der Waals surface area (Å²) in [5.74, 6) is 4.45. The fourth-order valence-electron chi connectivity index (χ4n) is 2.71. The third-order valence-corrected chi connectivity index (χ3v) is 3.88. The summed E-state index contributed by atoms with van der Waals surface area (Å²) in [6, 6.07) is 12.6. The summed E-state index contributed by atoms with van der Waals surface area (Å²) < 4.78 is 5.77. The normalized spacial score (nSPS) is 10.1. The number of terminal acetylenes is 1. The number of benzene rings is 2. The molecule has 0 saturated carbocycles. The van der Waals surface area contributed by atoms with Crippen LogP contribution in [-0.2, 0) is 6.42 Å². The van der Waals surface area contributed by atoms with Gasteiger partial charge in [0.25, 0.3) is 0 Å². The van der Waals surface area contributed by atoms with Crippen molar-refractivity contribution in [1.29, 1.82) is 0 Å². The maximum atomic E-state index is 7.57. The fourth-order valence-corrected chi connectivity index (χ4v) is 2.71. The monoisotopic (exact) mass is 352 g/mol. The van der Waals surface area contributed by atoms with Crippen LogP contribution < -0.4 is 4.74 Å². The minimum atomic E-state index is 0. The number of fused-ring (bicyclic) bond motifs is 1. The molecule has 0 fully saturated rings. The van der Waals surface area contributed by atoms with E-state index < -0.39 is 0 Å². The van der Waals surface area contributed by atoms with E-state index >= 15 is 0 Å². The molecule has 0 saturated heterocycles. The average Bonchev–Trinajstić information content (AvgIpc) is 3.02. The third kappa shape index (κ3) is 4.87. The summed E-state index contributed by atoms with van der Waals surface area (Å²) in [5, 5.41) is 7.57. The standard InChI is InChI=1S/C20H20N2O.C2H6O.H2/c1-4-6-11-23-20-10-8-16(12-15(20)5-2)17-7-9-18-19(13-17)22-14(3)21-18;1-2-3;/h1,7-10,12-13H,5-6,11H2,2-3H3,(H,21,22);3H,2H2,1H3;1H. The number of hydrogen-bond acceptors (Lipinski definition) is 3. The number of nitrogens with zero attached hydrogens (tertiary/aromatic N) is 1. The third-order valence-electron chi connectivity index (χ3n) is 3.88. The smallest absolute Gasteiger partial charge is 0.122 e. The molecule has 0 spiro atoms. The van der Waals surface area contributed by atoms with E-state index in [0.29, 0.717) is 13.0 Å². The van der Waals surface area contributed by atoms with Gasteiger partial charge in [-0.15, -0.1) is 12.3 Å². The molecule has 0 aliphatic heterocycles. The number of hydrogen-bond donors (Lipinski definition) is 2. The summed E-state index contributed by atoms with van der Waals surface area (Å²) in [4.78, 5) is 7.73. The van der Waals surface area contributed by atoms with Crippen molar-refractivity contribution in [3.63, 3.8) is 0 Å². The van der Waals surface area contributed by atoms with Gasteiger partial charge in [0.1, 0.15) is 11.6 Å². The Bertz CT molecular complexity index is 897. The number of aromatic amines is 1. The van der Waals surface area contributed by atoms with Gasteiger partial charge in [-0.05, 0) is 61.2 Å². The lowest BCUT2D eigenvalue weighted by atomic mass is 10.0. The Morgan fingerprint density at radius 3 is 2.58 bits per heavy atom. The Labute approximate surface area is 156 Å². The summed E-state index contributed by atoms with van der Waals surface area (Å²) >= 11 is 0. The van der Waals surface area contributed by atoms with Crippen molar-refractivity contribution >= 4 is 11.0 Å². The Balaban J connectivity index is 0.000000855. The van der Waals surface area contributed by atoms with Crippen molar-refractivity contribution in [1.82, 2.24) is 9.97 Å². The predicted octanol–water partition coefficient (Wildman–Crippen LogP) is 4.75. The topological polar surface area (TPSA) is 58.1 Å². The quantitative estimate of drug-likeness (QED) is 0.515. The summed E-state index contributed by atoms with van der Waals surface area (Å²) in [5.41, 5.74) is 5.61. The number of imidazole rings is 1. The zero-order chi connectivity index (χ0) is 18.9. The highest BCUT2D eigenvalue weighted by Crippen LogP contribution is 2.29. The van der Waals surface area contributed by atoms with Gasteiger partial charge in [-0.1, -0.05) is 19.1 Å². The van der Waals surface area contributed by atoms with Crippen LogP contribution in [0.3, 0.4) is 0 Å². The molecular formula is C22H28N2O2. The first-order chi connectivity index (χ1) is 12.6. The van der Waals surface area contributed by atoms with Crippen molar-refractivity contribution in [3.8, 4) is 29.2 Å². The predicted molar refractivity (Wildman–Crippen MR) is 109 cm³/mol. The molecular weight excluding hydrogens is 324 g/mol. The maximum absolute atomic E-state index is 7.57. The van der Waals surface area contributed by atoms with Crippen LogP contribution in [0.15, 0.2) is 36.4 Å². The largest absolute Gasteiger partial charge is 0.492 e. The van der Waals surface area contributed by atoms with Gasteiger partial charge < -0.3 is 14.8 Å². The van der Waals surface area contributed by atoms with Crippen molar-refractivity contribution in [2.75, 3.05) is 13.2 Å². The molecule has 3 aromatic rings. The number of aliphatic hydroxyl groups excluding tert-OH is 1. The van der Waals surface area contributed by atoms with Gasteiger partial charge in [-0.25, -0.2) is 4.98 Å². The van der Waals surface area contributed by atoms with Crippen molar-refractivity contribution in [2.45, 2.75) is 33.6 Å². The van der Waals surface area contributed by atoms with Gasteiger partial charge >= 0.3 is 0 Å². The van der Waals surface area contributed by atoms with Gasteiger partial charge in [0.05, 0.1) is 17.6 Å². The van der Waals surface area contributed by atoms with Crippen LogP contribution in [0.4, 0.5) is 0 Å². The first-order valence-corrected chi connectivity index (χ1v) is 8.89. The van der Waals surface area contributed by atoms with Crippen LogP contribution in [0.1, 0.15) is 33.1 Å². The van der Waals surface area contributed by atoms with E-state index in [1.165, 1.54) is 16.7 Å². The highest BCUT2D eigenvalue weighted by Gasteiger charge is 2.07. The number of ether oxygens (including phenoxy) is 1. The SMILES string of the molecule is C#CCCOc1ccc(-c2ccc3nc(C)[nH]c3c2)cc1CC.CCO.[HH]. The lowest BCUT2D eigenvalue weighted by molar-refractivity contribution is 0.318. The molecule has 0 aliphatic carbocycles. The van der Waals surface area contributed by atoms with Gasteiger partial charge in [0, 0.05) is 14.5 Å². The van der Waals surface area contributed by atoms with Crippen LogP contribution in [0.25, 0.3) is 22.2 Å². The summed E-state index contributed by atoms with van der Waals surface area (Å²) in [6.07, 6.45) is 6.82. The molecule has 0 unspecified atom stereocenters. The van der Waals surface area contributed by atoms with Gasteiger partial charge in [0.15, 0.2) is 0 Å². The van der Waals surface area contributed by atoms with E-state index in [1.807, 2.05) is 13.0 Å². The molecule has 3 rings (SSSR count). The highest BCUT2D eigenvalue weighted by molar-refractivity contribution is 5.82. The van der Waals surface area contributed by atoms with E-state index in [4.69, 9.17) is 16.3 Å². The summed E-state index contributed by atoms with van der Waals surface area (Å²) in [7, 11) is 0. The molecule has 138 valence electrons. The zero-order valence-electron chi connectivity index (χ0n) is 15.7. The first-order valence-electron chi connectivity index (χ1n) is 8.89. The van der Waals surface area contributed by atoms with Crippen molar-refractivity contribution in [2.24, 2.45) is 0 Å². The molecule has 0 amide bonds. The molecule has 0 aliphatic rings. The van der Waals surface area contributed by atoms with E-state index in [-0.39, 0.29) is 8.03 Å². The Kier molecular flexibility index (Phi) is 7.25. The molecule has 2 N–H and O–H groups in total. The number of aromatic nitrogens is 2. The lowest BCUT2D eigenvalue weighted by Gasteiger charge is -2.11. The molecule has 1 aromatic heterocycles. The molecule has 1 heterocycles. The fraction of sp³-hybridized carbons (Fsp3) is 0.318. The number of aliphatic hydroxyl groups is 1. The average molecular weight is 352 g/mol. The van der Waals surface area contributed by atoms with Gasteiger partial charge in [-0.3, -0.25) is 0 Å². The minimum Gasteiger partial charge on any atom is -0.492 e. The van der Waals surface area contributed by atoms with Crippen LogP contribution in [0, 0.1) is 19.3 Å². The highest BCUT2D eigenvalue weighted by atomic mass is 16.5. The van der Waals surface area contributed by atoms with E-state index in [9.17, 15) is 0 Å². The number of aryl methyl sites for hydroxylation is 2. The maximum Gasteiger partial charge on any atom is 0.122 e. The van der Waals surface area contributed by atoms with Crippen molar-refractivity contribution in [3.05, 3.63) is 47.8 Å². The van der Waals surface area contributed by atoms with E-state index in [0.717, 1.165) is 29.0 Å². The lowest BCUT2D eigenvalue weighted by Crippen LogP contribution is -1.99. The second-order valence-corrected chi connectivity index (χ2v) is 5.85. The van der Waals surface area contributed by atoms with Crippen molar-refractivity contribution < 1.29 is 11.3 Å². The van der Waals surface area contributed by atoms with E-state index in [2.05, 4.69) is 53.1 Å². The minimum absolute atomic E-state index is 0. The molecule has 4 heteroatoms. The molecule has 0 bridgehead atoms. The van der Waals surface area contributed by atoms with Crippen LogP contribution in [-0.4, -0.2) is 28.3 Å². The Hall–Kier alpha value is -2.77. The molecule has 0 radical (unpaired) electrons. The second kappa shape index (κ2) is 9.65. The first kappa shape index (κ1) is 19.6. The molecule has 2 aromatic carbocycles. The number of H-pyrrole nitrogens is 1. The van der Waals surface area contributed by atoms with Crippen LogP contribution in [0.2, 0.25) is 0 Å². The van der Waals surface area contributed by atoms with Crippen LogP contribution >= 0.6 is 0 Å². The van der Waals surface area contributed by atoms with Crippen LogP contribution in [0.5, 0.6) is 5.75 Å². The number of rotatable bonds is 5. The van der Waals surface area contributed by atoms with Gasteiger partial charge in [-0.2, -0.15) is 0 Å². The molecule has 4 nitrogen and oxygen atoms in total. The Morgan fingerprint density at radius 2 is 1.88 bits per heavy atom. The van der Waals surface area contributed by atoms with Gasteiger partial charge in [0.2, 0.25) is 0 Å². The zero-order valence-corrected chi connectivity index (χ0v) is 15.7. The number of nitrogens with one attached hydrogen (secondary N) is 1. The summed E-state index contributed by atoms with van der Waals surface area (Å²) in [6.45, 7) is 6.59. The molecule has 0 atom stereocenters. The Morgan fingerprint density at radius 1 is 1.19 bits per heavy atom. The second-order valence-electron chi connectivity index (χ2n) is 5.85. The van der Waals surface area contributed by atoms with E-state index in [1.54, 1.807) is 6.92 Å². The molecule has 26 heavy (non-hydrogen) atoms.